The fourth-order valence-corrected chi connectivity index (χ4v) is 2.53. The van der Waals surface area contributed by atoms with Gasteiger partial charge in [-0.3, -0.25) is 9.36 Å². The largest absolute Gasteiger partial charge is 0.290 e. The number of aryl methyl sites for hydroxylation is 1. The van der Waals surface area contributed by atoms with Gasteiger partial charge >= 0.3 is 0 Å². The monoisotopic (exact) mass is 290 g/mol. The van der Waals surface area contributed by atoms with Crippen LogP contribution in [0.2, 0.25) is 0 Å². The molecular formula is C17H23FN2O. The van der Waals surface area contributed by atoms with Crippen molar-refractivity contribution in [2.75, 3.05) is 0 Å². The Labute approximate surface area is 124 Å². The van der Waals surface area contributed by atoms with Crippen LogP contribution < -0.4 is 5.56 Å². The zero-order valence-electron chi connectivity index (χ0n) is 13.8. The van der Waals surface area contributed by atoms with E-state index in [9.17, 15) is 9.18 Å². The lowest BCUT2D eigenvalue weighted by Gasteiger charge is -2.31. The molecule has 0 radical (unpaired) electrons. The molecule has 0 spiro atoms. The fraction of sp³-hybridized carbons (Fsp3) is 0.529. The minimum absolute atomic E-state index is 0.172. The fourth-order valence-electron chi connectivity index (χ4n) is 2.53. The van der Waals surface area contributed by atoms with Gasteiger partial charge in [-0.25, -0.2) is 9.37 Å². The van der Waals surface area contributed by atoms with Gasteiger partial charge in [0.05, 0.1) is 10.9 Å². The Morgan fingerprint density at radius 1 is 1.10 bits per heavy atom. The maximum Gasteiger partial charge on any atom is 0.262 e. The Balaban J connectivity index is 3.07. The van der Waals surface area contributed by atoms with Crippen LogP contribution in [0, 0.1) is 12.7 Å². The highest BCUT2D eigenvalue weighted by molar-refractivity contribution is 5.81. The quantitative estimate of drug-likeness (QED) is 0.737. The summed E-state index contributed by atoms with van der Waals surface area (Å²) in [7, 11) is 0. The molecule has 0 aliphatic rings. The number of benzene rings is 1. The van der Waals surface area contributed by atoms with Crippen LogP contribution in [0.3, 0.4) is 0 Å². The molecule has 0 saturated heterocycles. The third kappa shape index (κ3) is 2.59. The lowest BCUT2D eigenvalue weighted by molar-refractivity contribution is 0.338. The molecule has 2 aromatic rings. The Morgan fingerprint density at radius 3 is 2.14 bits per heavy atom. The summed E-state index contributed by atoms with van der Waals surface area (Å²) in [6.45, 7) is 13.6. The van der Waals surface area contributed by atoms with Gasteiger partial charge in [0.15, 0.2) is 0 Å². The number of nitrogens with zero attached hydrogens (tertiary/aromatic N) is 2. The number of rotatable bonds is 0. The molecule has 4 heteroatoms. The molecule has 0 bridgehead atoms. The number of hydrogen-bond acceptors (Lipinski definition) is 2. The van der Waals surface area contributed by atoms with Crippen molar-refractivity contribution in [1.82, 2.24) is 9.55 Å². The van der Waals surface area contributed by atoms with Crippen molar-refractivity contribution in [2.24, 2.45) is 0 Å². The molecule has 1 heterocycles. The third-order valence-corrected chi connectivity index (χ3v) is 3.57. The topological polar surface area (TPSA) is 34.9 Å². The molecule has 114 valence electrons. The second-order valence-corrected chi connectivity index (χ2v) is 7.56. The van der Waals surface area contributed by atoms with E-state index >= 15 is 0 Å². The van der Waals surface area contributed by atoms with Crippen molar-refractivity contribution in [1.29, 1.82) is 0 Å². The minimum Gasteiger partial charge on any atom is -0.290 e. The molecule has 0 fully saturated rings. The van der Waals surface area contributed by atoms with E-state index in [2.05, 4.69) is 4.98 Å². The van der Waals surface area contributed by atoms with Crippen molar-refractivity contribution in [3.05, 3.63) is 39.7 Å². The molecular weight excluding hydrogens is 267 g/mol. The van der Waals surface area contributed by atoms with Crippen molar-refractivity contribution in [3.63, 3.8) is 0 Å². The predicted octanol–water partition coefficient (Wildman–Crippen LogP) is 3.90. The summed E-state index contributed by atoms with van der Waals surface area (Å²) in [6, 6.07) is 2.96. The molecule has 0 unspecified atom stereocenters. The van der Waals surface area contributed by atoms with E-state index in [0.29, 0.717) is 16.5 Å². The van der Waals surface area contributed by atoms with Crippen LogP contribution in [0.25, 0.3) is 10.9 Å². The highest BCUT2D eigenvalue weighted by Gasteiger charge is 2.29. The van der Waals surface area contributed by atoms with E-state index in [1.807, 2.05) is 41.5 Å². The van der Waals surface area contributed by atoms with Gasteiger partial charge in [0, 0.05) is 11.0 Å². The van der Waals surface area contributed by atoms with Gasteiger partial charge in [-0.2, -0.15) is 0 Å². The van der Waals surface area contributed by atoms with Crippen molar-refractivity contribution < 1.29 is 4.39 Å². The van der Waals surface area contributed by atoms with Crippen molar-refractivity contribution in [3.8, 4) is 0 Å². The molecule has 0 aliphatic heterocycles. The molecule has 0 N–H and O–H groups in total. The van der Waals surface area contributed by atoms with E-state index in [1.54, 1.807) is 17.6 Å². The molecule has 0 aliphatic carbocycles. The third-order valence-electron chi connectivity index (χ3n) is 3.57. The Morgan fingerprint density at radius 2 is 1.67 bits per heavy atom. The first-order chi connectivity index (χ1) is 9.44. The summed E-state index contributed by atoms with van der Waals surface area (Å²) in [4.78, 5) is 17.6. The summed E-state index contributed by atoms with van der Waals surface area (Å²) >= 11 is 0. The van der Waals surface area contributed by atoms with Crippen molar-refractivity contribution >= 4 is 10.9 Å². The normalized spacial score (nSPS) is 13.0. The number of hydrogen-bond donors (Lipinski definition) is 0. The minimum atomic E-state index is -0.417. The Hall–Kier alpha value is -1.71. The van der Waals surface area contributed by atoms with Gasteiger partial charge in [0.2, 0.25) is 0 Å². The zero-order chi connectivity index (χ0) is 16.2. The average Bonchev–Trinajstić information content (AvgIpc) is 2.30. The lowest BCUT2D eigenvalue weighted by Crippen LogP contribution is -2.41. The Kier molecular flexibility index (Phi) is 3.47. The molecule has 2 rings (SSSR count). The number of fused-ring (bicyclic) bond motifs is 1. The summed E-state index contributed by atoms with van der Waals surface area (Å²) in [6.07, 6.45) is 0. The second-order valence-electron chi connectivity index (χ2n) is 7.56. The molecule has 1 aromatic heterocycles. The average molecular weight is 290 g/mol. The smallest absolute Gasteiger partial charge is 0.262 e. The molecule has 0 amide bonds. The van der Waals surface area contributed by atoms with E-state index in [-0.39, 0.29) is 16.8 Å². The van der Waals surface area contributed by atoms with Crippen LogP contribution in [-0.4, -0.2) is 9.55 Å². The second kappa shape index (κ2) is 4.65. The zero-order valence-corrected chi connectivity index (χ0v) is 13.8. The maximum absolute atomic E-state index is 13.8. The molecule has 0 saturated carbocycles. The van der Waals surface area contributed by atoms with Gasteiger partial charge < -0.3 is 0 Å². The first-order valence-electron chi connectivity index (χ1n) is 7.17. The molecule has 21 heavy (non-hydrogen) atoms. The summed E-state index contributed by atoms with van der Waals surface area (Å²) in [5, 5.41) is 0.373. The van der Waals surface area contributed by atoms with Crippen molar-refractivity contribution in [2.45, 2.75) is 59.4 Å². The summed E-state index contributed by atoms with van der Waals surface area (Å²) < 4.78 is 15.5. The number of halogens is 1. The van der Waals surface area contributed by atoms with Gasteiger partial charge in [0.25, 0.3) is 5.56 Å². The summed E-state index contributed by atoms with van der Waals surface area (Å²) in [5.74, 6) is 0.351. The highest BCUT2D eigenvalue weighted by atomic mass is 19.1. The van der Waals surface area contributed by atoms with E-state index in [1.165, 1.54) is 6.07 Å². The van der Waals surface area contributed by atoms with Crippen LogP contribution >= 0.6 is 0 Å². The summed E-state index contributed by atoms with van der Waals surface area (Å²) in [5.41, 5.74) is 0.0601. The van der Waals surface area contributed by atoms with Crippen LogP contribution in [0.15, 0.2) is 16.9 Å². The van der Waals surface area contributed by atoms with E-state index in [0.717, 1.165) is 5.82 Å². The highest BCUT2D eigenvalue weighted by Crippen LogP contribution is 2.27. The number of aromatic nitrogens is 2. The van der Waals surface area contributed by atoms with Gasteiger partial charge in [0.1, 0.15) is 11.6 Å². The SMILES string of the molecule is Cc1c(F)ccc2nc(C(C)(C)C)n(C(C)(C)C)c(=O)c12. The van der Waals surface area contributed by atoms with Gasteiger partial charge in [-0.15, -0.1) is 0 Å². The first kappa shape index (κ1) is 15.7. The molecule has 0 atom stereocenters. The van der Waals surface area contributed by atoms with Crippen LogP contribution in [-0.2, 0) is 11.0 Å². The van der Waals surface area contributed by atoms with Crippen LogP contribution in [0.4, 0.5) is 4.39 Å². The van der Waals surface area contributed by atoms with Gasteiger partial charge in [-0.1, -0.05) is 20.8 Å². The molecule has 1 aromatic carbocycles. The predicted molar refractivity (Wildman–Crippen MR) is 84.4 cm³/mol. The first-order valence-corrected chi connectivity index (χ1v) is 7.17. The lowest BCUT2D eigenvalue weighted by atomic mass is 9.92. The van der Waals surface area contributed by atoms with E-state index < -0.39 is 5.54 Å². The molecule has 3 nitrogen and oxygen atoms in total. The van der Waals surface area contributed by atoms with Gasteiger partial charge in [-0.05, 0) is 45.4 Å². The van der Waals surface area contributed by atoms with E-state index in [4.69, 9.17) is 0 Å². The Bertz CT molecular complexity index is 761. The maximum atomic E-state index is 13.8. The van der Waals surface area contributed by atoms with Crippen LogP contribution in [0.5, 0.6) is 0 Å². The van der Waals surface area contributed by atoms with Crippen LogP contribution in [0.1, 0.15) is 52.9 Å². The standard InChI is InChI=1S/C17H23FN2O/c1-10-11(18)8-9-12-13(10)14(21)20(17(5,6)7)15(19-12)16(2,3)4/h8-9H,1-7H3.